The van der Waals surface area contributed by atoms with E-state index in [2.05, 4.69) is 15.4 Å². The predicted molar refractivity (Wildman–Crippen MR) is 108 cm³/mol. The summed E-state index contributed by atoms with van der Waals surface area (Å²) in [7, 11) is 4.29. The number of carbonyl (C=O) groups excluding carboxylic acids is 2. The first-order chi connectivity index (χ1) is 14.9. The maximum Gasteiger partial charge on any atom is 0.387 e. The molecule has 2 N–H and O–H groups in total. The molecule has 0 saturated carbocycles. The molecule has 8 nitrogen and oxygen atoms in total. The topological polar surface area (TPSA) is 95.1 Å². The van der Waals surface area contributed by atoms with Gasteiger partial charge in [0.05, 0.1) is 27.9 Å². The van der Waals surface area contributed by atoms with E-state index in [1.807, 2.05) is 0 Å². The molecule has 2 aromatic rings. The highest BCUT2D eigenvalue weighted by atomic mass is 19.3. The van der Waals surface area contributed by atoms with Gasteiger partial charge in [-0.05, 0) is 42.3 Å². The number of carbonyl (C=O) groups is 2. The average molecular weight is 438 g/mol. The van der Waals surface area contributed by atoms with Crippen LogP contribution in [-0.4, -0.2) is 52.8 Å². The van der Waals surface area contributed by atoms with Gasteiger partial charge in [-0.2, -0.15) is 8.78 Å². The zero-order valence-electron chi connectivity index (χ0n) is 17.4. The van der Waals surface area contributed by atoms with Crippen molar-refractivity contribution in [3.8, 4) is 23.0 Å². The third kappa shape index (κ3) is 7.02. The van der Waals surface area contributed by atoms with Gasteiger partial charge in [-0.3, -0.25) is 9.59 Å². The van der Waals surface area contributed by atoms with Crippen LogP contribution in [0.4, 0.5) is 8.78 Å². The van der Waals surface area contributed by atoms with Gasteiger partial charge in [0.1, 0.15) is 0 Å². The maximum absolute atomic E-state index is 12.5. The summed E-state index contributed by atoms with van der Waals surface area (Å²) in [5.74, 6) is 0.146. The van der Waals surface area contributed by atoms with Crippen LogP contribution in [0.25, 0.3) is 0 Å². The molecular formula is C21H24F2N2O6. The second-order valence-corrected chi connectivity index (χ2v) is 6.22. The Hall–Kier alpha value is -3.56. The van der Waals surface area contributed by atoms with Crippen molar-refractivity contribution in [2.45, 2.75) is 13.0 Å². The smallest absolute Gasteiger partial charge is 0.387 e. The minimum Gasteiger partial charge on any atom is -0.493 e. The van der Waals surface area contributed by atoms with Gasteiger partial charge in [0.25, 0.3) is 5.91 Å². The lowest BCUT2D eigenvalue weighted by molar-refractivity contribution is -0.120. The van der Waals surface area contributed by atoms with E-state index >= 15 is 0 Å². The summed E-state index contributed by atoms with van der Waals surface area (Å²) in [6.45, 7) is -2.96. The number of rotatable bonds is 11. The number of methoxy groups -OCH3 is 3. The minimum atomic E-state index is -2.97. The number of benzene rings is 2. The van der Waals surface area contributed by atoms with E-state index in [1.165, 1.54) is 39.5 Å². The van der Waals surface area contributed by atoms with Crippen molar-refractivity contribution < 1.29 is 37.3 Å². The van der Waals surface area contributed by atoms with Crippen molar-refractivity contribution in [2.75, 3.05) is 34.4 Å². The van der Waals surface area contributed by atoms with Gasteiger partial charge in [0.15, 0.2) is 23.0 Å². The van der Waals surface area contributed by atoms with Gasteiger partial charge >= 0.3 is 6.61 Å². The van der Waals surface area contributed by atoms with Gasteiger partial charge in [-0.1, -0.05) is 6.07 Å². The lowest BCUT2D eigenvalue weighted by Gasteiger charge is -2.12. The number of hydrogen-bond acceptors (Lipinski definition) is 6. The largest absolute Gasteiger partial charge is 0.493 e. The maximum atomic E-state index is 12.5. The molecule has 168 valence electrons. The van der Waals surface area contributed by atoms with Crippen LogP contribution in [0.5, 0.6) is 23.0 Å². The van der Waals surface area contributed by atoms with Crippen LogP contribution in [-0.2, 0) is 11.2 Å². The molecule has 2 rings (SSSR count). The quantitative estimate of drug-likeness (QED) is 0.560. The summed E-state index contributed by atoms with van der Waals surface area (Å²) in [6.07, 6.45) is 0.374. The SMILES string of the molecule is COc1ccc(C(=O)NCC(=O)NCCc2ccc(OC)c(OC(F)F)c2)cc1OC. The molecule has 0 radical (unpaired) electrons. The highest BCUT2D eigenvalue weighted by Crippen LogP contribution is 2.29. The molecule has 0 aliphatic rings. The van der Waals surface area contributed by atoms with Crippen molar-refractivity contribution in [2.24, 2.45) is 0 Å². The average Bonchev–Trinajstić information content (AvgIpc) is 2.76. The summed E-state index contributed by atoms with van der Waals surface area (Å²) < 4.78 is 44.7. The summed E-state index contributed by atoms with van der Waals surface area (Å²) in [4.78, 5) is 24.2. The fourth-order valence-corrected chi connectivity index (χ4v) is 2.71. The Bertz CT molecular complexity index is 907. The third-order valence-electron chi connectivity index (χ3n) is 4.24. The standard InChI is InChI=1S/C21H24F2N2O6/c1-28-15-7-5-14(11-17(15)30-3)20(27)25-12-19(26)24-9-8-13-4-6-16(29-2)18(10-13)31-21(22)23/h4-7,10-11,21H,8-9,12H2,1-3H3,(H,24,26)(H,25,27). The van der Waals surface area contributed by atoms with Crippen LogP contribution in [0.1, 0.15) is 15.9 Å². The van der Waals surface area contributed by atoms with Crippen LogP contribution in [0, 0.1) is 0 Å². The van der Waals surface area contributed by atoms with Crippen molar-refractivity contribution in [1.29, 1.82) is 0 Å². The van der Waals surface area contributed by atoms with E-state index in [9.17, 15) is 18.4 Å². The molecule has 0 aliphatic heterocycles. The Kier molecular flexibility index (Phi) is 8.86. The lowest BCUT2D eigenvalue weighted by atomic mass is 10.1. The molecule has 0 bridgehead atoms. The molecule has 0 heterocycles. The van der Waals surface area contributed by atoms with Crippen molar-refractivity contribution in [1.82, 2.24) is 10.6 Å². The van der Waals surface area contributed by atoms with Crippen molar-refractivity contribution >= 4 is 11.8 Å². The number of hydrogen-bond donors (Lipinski definition) is 2. The molecule has 0 unspecified atom stereocenters. The second-order valence-electron chi connectivity index (χ2n) is 6.22. The Balaban J connectivity index is 1.83. The number of halogens is 2. The van der Waals surface area contributed by atoms with E-state index in [4.69, 9.17) is 14.2 Å². The number of nitrogens with one attached hydrogen (secondary N) is 2. The zero-order valence-corrected chi connectivity index (χ0v) is 17.4. The first-order valence-electron chi connectivity index (χ1n) is 9.26. The van der Waals surface area contributed by atoms with Crippen LogP contribution in [0.2, 0.25) is 0 Å². The van der Waals surface area contributed by atoms with Crippen LogP contribution in [0.15, 0.2) is 36.4 Å². The molecule has 2 aromatic carbocycles. The number of amides is 2. The lowest BCUT2D eigenvalue weighted by Crippen LogP contribution is -2.37. The molecule has 2 amide bonds. The van der Waals surface area contributed by atoms with Gasteiger partial charge < -0.3 is 29.6 Å². The molecule has 0 spiro atoms. The summed E-state index contributed by atoms with van der Waals surface area (Å²) >= 11 is 0. The normalized spacial score (nSPS) is 10.4. The van der Waals surface area contributed by atoms with Crippen LogP contribution in [0.3, 0.4) is 0 Å². The number of alkyl halides is 2. The van der Waals surface area contributed by atoms with Crippen molar-refractivity contribution in [3.63, 3.8) is 0 Å². The molecule has 0 fully saturated rings. The van der Waals surface area contributed by atoms with Gasteiger partial charge in [0.2, 0.25) is 5.91 Å². The van der Waals surface area contributed by atoms with Crippen LogP contribution < -0.4 is 29.6 Å². The van der Waals surface area contributed by atoms with Gasteiger partial charge in [-0.15, -0.1) is 0 Å². The summed E-state index contributed by atoms with van der Waals surface area (Å²) in [5, 5.41) is 5.16. The Morgan fingerprint density at radius 2 is 1.52 bits per heavy atom. The zero-order chi connectivity index (χ0) is 22.8. The van der Waals surface area contributed by atoms with E-state index in [0.717, 1.165) is 0 Å². The van der Waals surface area contributed by atoms with E-state index in [1.54, 1.807) is 18.2 Å². The predicted octanol–water partition coefficient (Wildman–Crippen LogP) is 2.40. The Morgan fingerprint density at radius 1 is 0.871 bits per heavy atom. The molecule has 0 aromatic heterocycles. The van der Waals surface area contributed by atoms with E-state index in [0.29, 0.717) is 29.0 Å². The first-order valence-corrected chi connectivity index (χ1v) is 9.26. The number of ether oxygens (including phenoxy) is 4. The Morgan fingerprint density at radius 3 is 2.16 bits per heavy atom. The van der Waals surface area contributed by atoms with Gasteiger partial charge in [0, 0.05) is 12.1 Å². The van der Waals surface area contributed by atoms with Gasteiger partial charge in [-0.25, -0.2) is 0 Å². The summed E-state index contributed by atoms with van der Waals surface area (Å²) in [5.41, 5.74) is 0.987. The molecular weight excluding hydrogens is 414 g/mol. The molecule has 10 heteroatoms. The fourth-order valence-electron chi connectivity index (χ4n) is 2.71. The second kappa shape index (κ2) is 11.6. The fraction of sp³-hybridized carbons (Fsp3) is 0.333. The van der Waals surface area contributed by atoms with Crippen LogP contribution >= 0.6 is 0 Å². The highest BCUT2D eigenvalue weighted by molar-refractivity contribution is 5.97. The third-order valence-corrected chi connectivity index (χ3v) is 4.24. The minimum absolute atomic E-state index is 0.0801. The molecule has 0 saturated heterocycles. The van der Waals surface area contributed by atoms with E-state index in [-0.39, 0.29) is 24.6 Å². The summed E-state index contributed by atoms with van der Waals surface area (Å²) in [6, 6.07) is 9.27. The van der Waals surface area contributed by atoms with Crippen molar-refractivity contribution in [3.05, 3.63) is 47.5 Å². The molecule has 31 heavy (non-hydrogen) atoms. The van der Waals surface area contributed by atoms with E-state index < -0.39 is 18.4 Å². The molecule has 0 atom stereocenters. The monoisotopic (exact) mass is 438 g/mol. The first kappa shape index (κ1) is 23.7. The molecule has 0 aliphatic carbocycles. The Labute approximate surface area is 178 Å². The highest BCUT2D eigenvalue weighted by Gasteiger charge is 2.13.